The molecule has 1 unspecified atom stereocenters. The van der Waals surface area contributed by atoms with E-state index in [1.54, 1.807) is 0 Å². The van der Waals surface area contributed by atoms with E-state index in [0.29, 0.717) is 6.54 Å². The average molecular weight is 310 g/mol. The molecule has 0 aliphatic carbocycles. The number of nitrogens with zero attached hydrogens (tertiary/aromatic N) is 3. The fourth-order valence-corrected chi connectivity index (χ4v) is 2.55. The molecule has 1 aliphatic heterocycles. The van der Waals surface area contributed by atoms with Crippen molar-refractivity contribution in [2.45, 2.75) is 31.7 Å². The van der Waals surface area contributed by atoms with Crippen LogP contribution in [0.15, 0.2) is 24.4 Å². The van der Waals surface area contributed by atoms with Gasteiger partial charge in [-0.2, -0.15) is 0 Å². The monoisotopic (exact) mass is 309 g/mol. The molecular weight excluding hydrogens is 290 g/mol. The normalized spacial score (nSPS) is 17.6. The zero-order chi connectivity index (χ0) is 13.8. The van der Waals surface area contributed by atoms with Gasteiger partial charge in [0, 0.05) is 19.2 Å². The number of carbonyl (C=O) groups is 1. The lowest BCUT2D eigenvalue weighted by Gasteiger charge is -2.10. The number of halogens is 1. The molecule has 2 aromatic rings. The maximum absolute atomic E-state index is 11.8. The van der Waals surface area contributed by atoms with Crippen LogP contribution in [-0.2, 0) is 11.2 Å². The van der Waals surface area contributed by atoms with Crippen LogP contribution >= 0.6 is 12.4 Å². The first-order valence-electron chi connectivity index (χ1n) is 7.14. The Morgan fingerprint density at radius 3 is 3.14 bits per heavy atom. The van der Waals surface area contributed by atoms with Gasteiger partial charge in [-0.15, -0.1) is 22.6 Å². The van der Waals surface area contributed by atoms with E-state index in [-0.39, 0.29) is 24.4 Å². The Morgan fingerprint density at radius 2 is 2.33 bits per heavy atom. The average Bonchev–Trinajstić information content (AvgIpc) is 3.13. The third-order valence-electron chi connectivity index (χ3n) is 3.64. The molecule has 1 fully saturated rings. The second kappa shape index (κ2) is 7.38. The van der Waals surface area contributed by atoms with E-state index in [2.05, 4.69) is 20.8 Å². The molecule has 0 aromatic carbocycles. The molecule has 0 bridgehead atoms. The quantitative estimate of drug-likeness (QED) is 0.807. The molecule has 2 N–H and O–H groups in total. The van der Waals surface area contributed by atoms with Crippen LogP contribution in [0, 0.1) is 0 Å². The van der Waals surface area contributed by atoms with Crippen LogP contribution < -0.4 is 10.6 Å². The molecule has 0 radical (unpaired) electrons. The highest BCUT2D eigenvalue weighted by atomic mass is 35.5. The maximum atomic E-state index is 11.8. The first-order valence-corrected chi connectivity index (χ1v) is 7.14. The van der Waals surface area contributed by atoms with E-state index in [9.17, 15) is 4.79 Å². The number of hydrogen-bond acceptors (Lipinski definition) is 4. The number of aromatic nitrogens is 3. The van der Waals surface area contributed by atoms with E-state index >= 15 is 0 Å². The van der Waals surface area contributed by atoms with E-state index in [0.717, 1.165) is 43.7 Å². The number of hydrogen-bond donors (Lipinski definition) is 2. The van der Waals surface area contributed by atoms with Crippen molar-refractivity contribution in [1.82, 2.24) is 25.2 Å². The molecule has 0 saturated carbocycles. The minimum atomic E-state index is 0. The molecule has 3 heterocycles. The molecule has 114 valence electrons. The van der Waals surface area contributed by atoms with Gasteiger partial charge in [0.15, 0.2) is 5.65 Å². The van der Waals surface area contributed by atoms with E-state index < -0.39 is 0 Å². The van der Waals surface area contributed by atoms with Gasteiger partial charge in [0.05, 0.1) is 6.04 Å². The fraction of sp³-hybridized carbons (Fsp3) is 0.500. The second-order valence-electron chi connectivity index (χ2n) is 5.09. The molecule has 3 rings (SSSR count). The lowest BCUT2D eigenvalue weighted by molar-refractivity contribution is -0.122. The Morgan fingerprint density at radius 1 is 1.43 bits per heavy atom. The summed E-state index contributed by atoms with van der Waals surface area (Å²) in [6, 6.07) is 5.85. The molecule has 1 saturated heterocycles. The van der Waals surface area contributed by atoms with Crippen molar-refractivity contribution in [3.63, 3.8) is 0 Å². The van der Waals surface area contributed by atoms with Gasteiger partial charge in [-0.1, -0.05) is 6.07 Å². The number of aryl methyl sites for hydroxylation is 1. The highest BCUT2D eigenvalue weighted by molar-refractivity contribution is 5.85. The smallest absolute Gasteiger partial charge is 0.237 e. The van der Waals surface area contributed by atoms with E-state index in [4.69, 9.17) is 0 Å². The third kappa shape index (κ3) is 3.71. The van der Waals surface area contributed by atoms with Crippen LogP contribution in [0.4, 0.5) is 0 Å². The molecule has 1 atom stereocenters. The summed E-state index contributed by atoms with van der Waals surface area (Å²) in [5, 5.41) is 14.5. The summed E-state index contributed by atoms with van der Waals surface area (Å²) < 4.78 is 1.99. The van der Waals surface area contributed by atoms with Gasteiger partial charge in [-0.05, 0) is 37.9 Å². The van der Waals surface area contributed by atoms with E-state index in [1.807, 2.05) is 28.8 Å². The van der Waals surface area contributed by atoms with Crippen LogP contribution in [0.2, 0.25) is 0 Å². The van der Waals surface area contributed by atoms with Gasteiger partial charge < -0.3 is 10.6 Å². The van der Waals surface area contributed by atoms with E-state index in [1.165, 1.54) is 0 Å². The summed E-state index contributed by atoms with van der Waals surface area (Å²) in [6.45, 7) is 1.63. The van der Waals surface area contributed by atoms with Crippen LogP contribution in [0.3, 0.4) is 0 Å². The van der Waals surface area contributed by atoms with Crippen molar-refractivity contribution in [2.24, 2.45) is 0 Å². The molecule has 1 aliphatic rings. The first kappa shape index (κ1) is 15.7. The van der Waals surface area contributed by atoms with Gasteiger partial charge >= 0.3 is 0 Å². The van der Waals surface area contributed by atoms with Crippen LogP contribution in [0.1, 0.15) is 25.1 Å². The van der Waals surface area contributed by atoms with Gasteiger partial charge in [0.25, 0.3) is 0 Å². The minimum absolute atomic E-state index is 0. The number of carbonyl (C=O) groups excluding carboxylic acids is 1. The van der Waals surface area contributed by atoms with Crippen molar-refractivity contribution in [1.29, 1.82) is 0 Å². The zero-order valence-corrected chi connectivity index (χ0v) is 12.6. The maximum Gasteiger partial charge on any atom is 0.237 e. The van der Waals surface area contributed by atoms with Crippen molar-refractivity contribution < 1.29 is 4.79 Å². The Kier molecular flexibility index (Phi) is 5.52. The van der Waals surface area contributed by atoms with Gasteiger partial charge in [0.2, 0.25) is 5.91 Å². The fourth-order valence-electron chi connectivity index (χ4n) is 2.55. The van der Waals surface area contributed by atoms with Gasteiger partial charge in [-0.3, -0.25) is 9.20 Å². The van der Waals surface area contributed by atoms with Crippen LogP contribution in [0.25, 0.3) is 5.65 Å². The Bertz CT molecular complexity index is 594. The Balaban J connectivity index is 0.00000161. The highest BCUT2D eigenvalue weighted by Gasteiger charge is 2.21. The first-order chi connectivity index (χ1) is 9.84. The molecule has 7 heteroatoms. The van der Waals surface area contributed by atoms with Crippen molar-refractivity contribution in [3.05, 3.63) is 30.2 Å². The third-order valence-corrected chi connectivity index (χ3v) is 3.64. The standard InChI is InChI=1S/C14H19N5O.ClH/c20-14(11-5-3-8-15-11)16-9-4-7-13-18-17-12-6-1-2-10-19(12)13;/h1-2,6,10-11,15H,3-5,7-9H2,(H,16,20);1H. The molecule has 0 spiro atoms. The second-order valence-corrected chi connectivity index (χ2v) is 5.09. The number of rotatable bonds is 5. The topological polar surface area (TPSA) is 71.3 Å². The Labute approximate surface area is 129 Å². The summed E-state index contributed by atoms with van der Waals surface area (Å²) in [7, 11) is 0. The zero-order valence-electron chi connectivity index (χ0n) is 11.8. The Hall–Kier alpha value is -1.66. The number of nitrogens with one attached hydrogen (secondary N) is 2. The summed E-state index contributed by atoms with van der Waals surface area (Å²) in [5.74, 6) is 1.06. The largest absolute Gasteiger partial charge is 0.355 e. The molecule has 6 nitrogen and oxygen atoms in total. The van der Waals surface area contributed by atoms with Gasteiger partial charge in [0.1, 0.15) is 5.82 Å². The van der Waals surface area contributed by atoms with Crippen LogP contribution in [-0.4, -0.2) is 39.6 Å². The number of fused-ring (bicyclic) bond motifs is 1. The van der Waals surface area contributed by atoms with Crippen LogP contribution in [0.5, 0.6) is 0 Å². The summed E-state index contributed by atoms with van der Waals surface area (Å²) in [4.78, 5) is 11.8. The number of amides is 1. The minimum Gasteiger partial charge on any atom is -0.355 e. The summed E-state index contributed by atoms with van der Waals surface area (Å²) >= 11 is 0. The van der Waals surface area contributed by atoms with Crippen molar-refractivity contribution >= 4 is 24.0 Å². The summed E-state index contributed by atoms with van der Waals surface area (Å²) in [5.41, 5.74) is 0.863. The molecule has 21 heavy (non-hydrogen) atoms. The molecule has 2 aromatic heterocycles. The SMILES string of the molecule is Cl.O=C(NCCCc1nnc2ccccn12)C1CCCN1. The predicted molar refractivity (Wildman–Crippen MR) is 82.6 cm³/mol. The van der Waals surface area contributed by atoms with Gasteiger partial charge in [-0.25, -0.2) is 0 Å². The number of pyridine rings is 1. The molecular formula is C14H20ClN5O. The lowest BCUT2D eigenvalue weighted by atomic mass is 10.2. The predicted octanol–water partition coefficient (Wildman–Crippen LogP) is 0.952. The van der Waals surface area contributed by atoms with Crippen molar-refractivity contribution in [2.75, 3.05) is 13.1 Å². The van der Waals surface area contributed by atoms with Crippen molar-refractivity contribution in [3.8, 4) is 0 Å². The molecule has 1 amide bonds. The lowest BCUT2D eigenvalue weighted by Crippen LogP contribution is -2.40. The summed E-state index contributed by atoms with van der Waals surface area (Å²) in [6.07, 6.45) is 5.67. The highest BCUT2D eigenvalue weighted by Crippen LogP contribution is 2.06.